The maximum absolute atomic E-state index is 6.64. The Hall–Kier alpha value is -7.36. The molecule has 11 aromatic rings. The molecule has 3 heteroatoms. The summed E-state index contributed by atoms with van der Waals surface area (Å²) in [6.07, 6.45) is 0. The lowest BCUT2D eigenvalue weighted by Crippen LogP contribution is -2.10. The lowest BCUT2D eigenvalue weighted by molar-refractivity contribution is 0.670. The normalized spacial score (nSPS) is 11.6. The zero-order chi connectivity index (χ0) is 36.3. The van der Waals surface area contributed by atoms with E-state index in [-0.39, 0.29) is 0 Å². The molecule has 2 heterocycles. The van der Waals surface area contributed by atoms with Gasteiger partial charge in [-0.2, -0.15) is 0 Å². The third kappa shape index (κ3) is 5.20. The van der Waals surface area contributed by atoms with Gasteiger partial charge in [-0.05, 0) is 100 Å². The Bertz CT molecular complexity index is 3210. The molecule has 0 saturated heterocycles. The minimum absolute atomic E-state index is 0.891. The summed E-state index contributed by atoms with van der Waals surface area (Å²) in [7, 11) is 0. The summed E-state index contributed by atoms with van der Waals surface area (Å²) in [5.41, 5.74) is 12.9. The minimum atomic E-state index is 0.891. The number of nitrogens with zero attached hydrogens (tertiary/aromatic N) is 2. The molecule has 0 radical (unpaired) electrons. The highest BCUT2D eigenvalue weighted by molar-refractivity contribution is 6.11. The van der Waals surface area contributed by atoms with Gasteiger partial charge in [-0.3, -0.25) is 0 Å². The van der Waals surface area contributed by atoms with E-state index in [1.54, 1.807) is 0 Å². The molecule has 0 atom stereocenters. The van der Waals surface area contributed by atoms with Crippen LogP contribution in [0.4, 0.5) is 17.1 Å². The van der Waals surface area contributed by atoms with Crippen molar-refractivity contribution in [2.75, 3.05) is 4.90 Å². The molecular formula is C52H34N2O. The zero-order valence-electron chi connectivity index (χ0n) is 29.9. The Labute approximate surface area is 318 Å². The second-order valence-corrected chi connectivity index (χ2v) is 14.2. The molecule has 0 bridgehead atoms. The summed E-state index contributed by atoms with van der Waals surface area (Å²) in [5, 5.41) is 7.12. The van der Waals surface area contributed by atoms with Gasteiger partial charge in [0.15, 0.2) is 0 Å². The molecule has 55 heavy (non-hydrogen) atoms. The van der Waals surface area contributed by atoms with Gasteiger partial charge in [-0.15, -0.1) is 0 Å². The fraction of sp³-hybridized carbons (Fsp3) is 0. The molecule has 0 aliphatic carbocycles. The van der Waals surface area contributed by atoms with Crippen LogP contribution in [0, 0.1) is 0 Å². The van der Waals surface area contributed by atoms with Crippen LogP contribution in [0.3, 0.4) is 0 Å². The quantitative estimate of drug-likeness (QED) is 0.172. The Morgan fingerprint density at radius 2 is 1.05 bits per heavy atom. The SMILES string of the molecule is c1ccc(N(c2cc(-c3ccc4c5ccccc5n(-c5ccccc5)c4c3)cc(-c3cccc4c3oc3ccccc34)c2)c2ccc3ccccc3c2)cc1. The van der Waals surface area contributed by atoms with Crippen LogP contribution in [0.25, 0.3) is 82.5 Å². The van der Waals surface area contributed by atoms with E-state index in [1.165, 1.54) is 32.6 Å². The van der Waals surface area contributed by atoms with Crippen LogP contribution in [0.15, 0.2) is 211 Å². The molecule has 0 fully saturated rings. The fourth-order valence-corrected chi connectivity index (χ4v) is 8.38. The lowest BCUT2D eigenvalue weighted by Gasteiger charge is -2.27. The molecule has 0 unspecified atom stereocenters. The van der Waals surface area contributed by atoms with E-state index in [4.69, 9.17) is 4.42 Å². The summed E-state index contributed by atoms with van der Waals surface area (Å²) in [6, 6.07) is 74.0. The van der Waals surface area contributed by atoms with E-state index in [9.17, 15) is 0 Å². The number of anilines is 3. The second kappa shape index (κ2) is 12.6. The van der Waals surface area contributed by atoms with Crippen molar-refractivity contribution in [1.82, 2.24) is 4.57 Å². The van der Waals surface area contributed by atoms with Crippen molar-refractivity contribution < 1.29 is 4.42 Å². The predicted octanol–water partition coefficient (Wildman–Crippen LogP) is 14.6. The number of aromatic nitrogens is 1. The minimum Gasteiger partial charge on any atom is -0.455 e. The summed E-state index contributed by atoms with van der Waals surface area (Å²) in [5.74, 6) is 0. The molecular weight excluding hydrogens is 669 g/mol. The molecule has 9 aromatic carbocycles. The fourth-order valence-electron chi connectivity index (χ4n) is 8.38. The van der Waals surface area contributed by atoms with Crippen LogP contribution >= 0.6 is 0 Å². The lowest BCUT2D eigenvalue weighted by atomic mass is 9.95. The van der Waals surface area contributed by atoms with E-state index in [0.29, 0.717) is 0 Å². The topological polar surface area (TPSA) is 21.3 Å². The van der Waals surface area contributed by atoms with E-state index in [1.807, 2.05) is 6.07 Å². The van der Waals surface area contributed by atoms with Crippen LogP contribution in [-0.2, 0) is 0 Å². The highest BCUT2D eigenvalue weighted by Gasteiger charge is 2.20. The molecule has 0 aliphatic heterocycles. The molecule has 3 nitrogen and oxygen atoms in total. The van der Waals surface area contributed by atoms with E-state index in [0.717, 1.165) is 66.9 Å². The van der Waals surface area contributed by atoms with E-state index >= 15 is 0 Å². The average Bonchev–Trinajstić information content (AvgIpc) is 3.80. The van der Waals surface area contributed by atoms with Crippen molar-refractivity contribution in [3.8, 4) is 27.9 Å². The van der Waals surface area contributed by atoms with Gasteiger partial charge in [-0.1, -0.05) is 133 Å². The molecule has 0 aliphatic rings. The number of rotatable bonds is 6. The first kappa shape index (κ1) is 31.2. The number of hydrogen-bond acceptors (Lipinski definition) is 2. The van der Waals surface area contributed by atoms with Gasteiger partial charge in [0.1, 0.15) is 11.2 Å². The molecule has 0 amide bonds. The van der Waals surface area contributed by atoms with Gasteiger partial charge in [-0.25, -0.2) is 0 Å². The number of benzene rings is 9. The largest absolute Gasteiger partial charge is 0.455 e. The highest BCUT2D eigenvalue weighted by atomic mass is 16.3. The van der Waals surface area contributed by atoms with Crippen LogP contribution < -0.4 is 4.90 Å². The van der Waals surface area contributed by atoms with Crippen molar-refractivity contribution in [1.29, 1.82) is 0 Å². The van der Waals surface area contributed by atoms with E-state index in [2.05, 4.69) is 210 Å². The molecule has 258 valence electrons. The molecule has 2 aromatic heterocycles. The predicted molar refractivity (Wildman–Crippen MR) is 231 cm³/mol. The molecule has 0 spiro atoms. The summed E-state index contributed by atoms with van der Waals surface area (Å²) in [6.45, 7) is 0. The van der Waals surface area contributed by atoms with Crippen molar-refractivity contribution in [3.63, 3.8) is 0 Å². The summed E-state index contributed by atoms with van der Waals surface area (Å²) >= 11 is 0. The van der Waals surface area contributed by atoms with Crippen LogP contribution in [-0.4, -0.2) is 4.57 Å². The Kier molecular flexibility index (Phi) is 7.17. The third-order valence-electron chi connectivity index (χ3n) is 10.9. The molecule has 0 N–H and O–H groups in total. The zero-order valence-corrected chi connectivity index (χ0v) is 29.9. The first-order chi connectivity index (χ1) is 27.3. The van der Waals surface area contributed by atoms with Gasteiger partial charge in [0.25, 0.3) is 0 Å². The van der Waals surface area contributed by atoms with Crippen molar-refractivity contribution in [2.24, 2.45) is 0 Å². The maximum atomic E-state index is 6.64. The number of hydrogen-bond donors (Lipinski definition) is 0. The standard InChI is InChI=1S/C52H34N2O/c1-3-16-40(17-4-1)53(42-28-26-35-14-7-8-15-36(35)31-42)43-32-38(30-39(33-43)44-22-13-23-48-47-21-10-12-25-51(47)55-52(44)48)37-27-29-46-45-20-9-11-24-49(45)54(50(46)34-37)41-18-5-2-6-19-41/h1-34H. The number of furan rings is 1. The highest BCUT2D eigenvalue weighted by Crippen LogP contribution is 2.44. The van der Waals surface area contributed by atoms with Crippen molar-refractivity contribution in [2.45, 2.75) is 0 Å². The van der Waals surface area contributed by atoms with Crippen LogP contribution in [0.2, 0.25) is 0 Å². The van der Waals surface area contributed by atoms with Crippen LogP contribution in [0.5, 0.6) is 0 Å². The molecule has 0 saturated carbocycles. The Morgan fingerprint density at radius 1 is 0.364 bits per heavy atom. The third-order valence-corrected chi connectivity index (χ3v) is 10.9. The smallest absolute Gasteiger partial charge is 0.143 e. The van der Waals surface area contributed by atoms with Gasteiger partial charge in [0.2, 0.25) is 0 Å². The number of para-hydroxylation sites is 5. The van der Waals surface area contributed by atoms with Gasteiger partial charge in [0.05, 0.1) is 11.0 Å². The van der Waals surface area contributed by atoms with Crippen molar-refractivity contribution >= 4 is 71.6 Å². The summed E-state index contributed by atoms with van der Waals surface area (Å²) in [4.78, 5) is 2.37. The van der Waals surface area contributed by atoms with Gasteiger partial charge in [0, 0.05) is 49.9 Å². The first-order valence-electron chi connectivity index (χ1n) is 18.8. The first-order valence-corrected chi connectivity index (χ1v) is 18.8. The Morgan fingerprint density at radius 3 is 1.93 bits per heavy atom. The summed E-state index contributed by atoms with van der Waals surface area (Å²) < 4.78 is 9.03. The Balaban J connectivity index is 1.19. The van der Waals surface area contributed by atoms with Crippen LogP contribution in [0.1, 0.15) is 0 Å². The van der Waals surface area contributed by atoms with Gasteiger partial charge < -0.3 is 13.9 Å². The average molecular weight is 703 g/mol. The maximum Gasteiger partial charge on any atom is 0.143 e. The number of fused-ring (bicyclic) bond motifs is 7. The molecule has 11 rings (SSSR count). The van der Waals surface area contributed by atoms with Gasteiger partial charge >= 0.3 is 0 Å². The monoisotopic (exact) mass is 702 g/mol. The van der Waals surface area contributed by atoms with Crippen molar-refractivity contribution in [3.05, 3.63) is 206 Å². The second-order valence-electron chi connectivity index (χ2n) is 14.2. The van der Waals surface area contributed by atoms with E-state index < -0.39 is 0 Å².